The zero-order valence-corrected chi connectivity index (χ0v) is 13.6. The molecule has 2 aromatic carbocycles. The third-order valence-corrected chi connectivity index (χ3v) is 3.44. The zero-order chi connectivity index (χ0) is 17.4. The Hall–Kier alpha value is -2.82. The molecule has 2 rings (SSSR count). The highest BCUT2D eigenvalue weighted by Gasteiger charge is 2.07. The van der Waals surface area contributed by atoms with Crippen LogP contribution in [0.4, 0.5) is 0 Å². The van der Waals surface area contributed by atoms with E-state index in [0.29, 0.717) is 30.9 Å². The van der Waals surface area contributed by atoms with Crippen LogP contribution in [0, 0.1) is 6.92 Å². The molecular formula is C19H21NO4. The highest BCUT2D eigenvalue weighted by Crippen LogP contribution is 2.15. The molecule has 24 heavy (non-hydrogen) atoms. The van der Waals surface area contributed by atoms with E-state index >= 15 is 0 Å². The zero-order valence-electron chi connectivity index (χ0n) is 13.6. The summed E-state index contributed by atoms with van der Waals surface area (Å²) in [5, 5.41) is 11.3. The molecule has 0 aliphatic heterocycles. The second-order valence-corrected chi connectivity index (χ2v) is 5.56. The Morgan fingerprint density at radius 3 is 2.67 bits per heavy atom. The third kappa shape index (κ3) is 5.76. The van der Waals surface area contributed by atoms with Gasteiger partial charge in [-0.15, -0.1) is 0 Å². The fourth-order valence-corrected chi connectivity index (χ4v) is 2.24. The summed E-state index contributed by atoms with van der Waals surface area (Å²) in [7, 11) is 0. The smallest absolute Gasteiger partial charge is 0.303 e. The van der Waals surface area contributed by atoms with Gasteiger partial charge in [0.25, 0.3) is 5.91 Å². The van der Waals surface area contributed by atoms with E-state index in [2.05, 4.69) is 11.4 Å². The van der Waals surface area contributed by atoms with Crippen LogP contribution in [0.2, 0.25) is 0 Å². The van der Waals surface area contributed by atoms with E-state index in [-0.39, 0.29) is 12.3 Å². The molecule has 5 heteroatoms. The fourth-order valence-electron chi connectivity index (χ4n) is 2.24. The molecular weight excluding hydrogens is 306 g/mol. The maximum absolute atomic E-state index is 12.0. The maximum Gasteiger partial charge on any atom is 0.303 e. The second-order valence-electron chi connectivity index (χ2n) is 5.56. The van der Waals surface area contributed by atoms with Crippen molar-refractivity contribution in [1.82, 2.24) is 5.32 Å². The predicted octanol–water partition coefficient (Wildman–Crippen LogP) is 3.17. The number of amides is 1. The van der Waals surface area contributed by atoms with Crippen molar-refractivity contribution in [3.63, 3.8) is 0 Å². The summed E-state index contributed by atoms with van der Waals surface area (Å²) in [5.74, 6) is -0.480. The number of carbonyl (C=O) groups excluding carboxylic acids is 1. The molecule has 0 saturated heterocycles. The Morgan fingerprint density at radius 2 is 1.92 bits per heavy atom. The van der Waals surface area contributed by atoms with Gasteiger partial charge in [0.15, 0.2) is 0 Å². The lowest BCUT2D eigenvalue weighted by atomic mass is 10.1. The minimum Gasteiger partial charge on any atom is -0.489 e. The van der Waals surface area contributed by atoms with Gasteiger partial charge in [-0.3, -0.25) is 9.59 Å². The fraction of sp³-hybridized carbons (Fsp3) is 0.263. The average molecular weight is 327 g/mol. The van der Waals surface area contributed by atoms with E-state index in [1.807, 2.05) is 25.1 Å². The summed E-state index contributed by atoms with van der Waals surface area (Å²) in [4.78, 5) is 22.5. The van der Waals surface area contributed by atoms with Crippen LogP contribution in [0.1, 0.15) is 34.3 Å². The molecule has 0 aliphatic rings. The summed E-state index contributed by atoms with van der Waals surface area (Å²) < 4.78 is 5.74. The van der Waals surface area contributed by atoms with Crippen molar-refractivity contribution in [3.05, 3.63) is 65.2 Å². The Labute approximate surface area is 141 Å². The molecule has 0 bridgehead atoms. The van der Waals surface area contributed by atoms with E-state index in [9.17, 15) is 9.59 Å². The number of benzene rings is 2. The molecule has 0 spiro atoms. The van der Waals surface area contributed by atoms with Gasteiger partial charge in [0.1, 0.15) is 12.4 Å². The number of hydrogen-bond donors (Lipinski definition) is 2. The van der Waals surface area contributed by atoms with E-state index in [1.165, 1.54) is 5.56 Å². The first-order valence-electron chi connectivity index (χ1n) is 7.83. The largest absolute Gasteiger partial charge is 0.489 e. The van der Waals surface area contributed by atoms with Gasteiger partial charge in [-0.1, -0.05) is 35.9 Å². The van der Waals surface area contributed by atoms with Gasteiger partial charge >= 0.3 is 5.97 Å². The van der Waals surface area contributed by atoms with Crippen molar-refractivity contribution in [1.29, 1.82) is 0 Å². The predicted molar refractivity (Wildman–Crippen MR) is 91.2 cm³/mol. The van der Waals surface area contributed by atoms with Gasteiger partial charge in [-0.25, -0.2) is 0 Å². The van der Waals surface area contributed by atoms with E-state index < -0.39 is 5.97 Å². The Morgan fingerprint density at radius 1 is 1.12 bits per heavy atom. The van der Waals surface area contributed by atoms with Crippen LogP contribution in [0.5, 0.6) is 5.75 Å². The molecule has 0 aromatic heterocycles. The number of nitrogens with one attached hydrogen (secondary N) is 1. The SMILES string of the molecule is Cc1cccc(COc2cccc(C(=O)NCCCC(=O)O)c2)c1. The normalized spacial score (nSPS) is 10.2. The lowest BCUT2D eigenvalue weighted by Crippen LogP contribution is -2.24. The molecule has 126 valence electrons. The summed E-state index contributed by atoms with van der Waals surface area (Å²) in [6.45, 7) is 2.80. The number of aliphatic carboxylic acids is 1. The number of carboxylic acid groups (broad SMARTS) is 1. The Kier molecular flexibility index (Phi) is 6.37. The second kappa shape index (κ2) is 8.72. The minimum absolute atomic E-state index is 0.0416. The van der Waals surface area contributed by atoms with Gasteiger partial charge < -0.3 is 15.2 Å². The van der Waals surface area contributed by atoms with E-state index in [1.54, 1.807) is 24.3 Å². The lowest BCUT2D eigenvalue weighted by Gasteiger charge is -2.09. The average Bonchev–Trinajstić information content (AvgIpc) is 2.57. The monoisotopic (exact) mass is 327 g/mol. The Balaban J connectivity index is 1.88. The van der Waals surface area contributed by atoms with Gasteiger partial charge in [-0.05, 0) is 37.1 Å². The molecule has 0 heterocycles. The molecule has 0 saturated carbocycles. The molecule has 1 amide bonds. The summed E-state index contributed by atoms with van der Waals surface area (Å²) in [5.41, 5.74) is 2.73. The van der Waals surface area contributed by atoms with Gasteiger partial charge in [0.05, 0.1) is 0 Å². The van der Waals surface area contributed by atoms with Crippen LogP contribution >= 0.6 is 0 Å². The molecule has 5 nitrogen and oxygen atoms in total. The van der Waals surface area contributed by atoms with Crippen molar-refractivity contribution in [2.45, 2.75) is 26.4 Å². The molecule has 0 radical (unpaired) electrons. The summed E-state index contributed by atoms with van der Waals surface area (Å²) >= 11 is 0. The van der Waals surface area contributed by atoms with Crippen molar-refractivity contribution < 1.29 is 19.4 Å². The standard InChI is InChI=1S/C19H21NO4/c1-14-5-2-6-15(11-14)13-24-17-8-3-7-16(12-17)19(23)20-10-4-9-18(21)22/h2-3,5-8,11-12H,4,9-10,13H2,1H3,(H,20,23)(H,21,22). The lowest BCUT2D eigenvalue weighted by molar-refractivity contribution is -0.137. The number of carboxylic acids is 1. The number of ether oxygens (including phenoxy) is 1. The molecule has 0 fully saturated rings. The third-order valence-electron chi connectivity index (χ3n) is 3.44. The summed E-state index contributed by atoms with van der Waals surface area (Å²) in [6, 6.07) is 15.0. The van der Waals surface area contributed by atoms with Crippen molar-refractivity contribution >= 4 is 11.9 Å². The first-order valence-corrected chi connectivity index (χ1v) is 7.83. The topological polar surface area (TPSA) is 75.6 Å². The van der Waals surface area contributed by atoms with Crippen LogP contribution in [-0.2, 0) is 11.4 Å². The van der Waals surface area contributed by atoms with E-state index in [0.717, 1.165) is 5.56 Å². The number of carbonyl (C=O) groups is 2. The quantitative estimate of drug-likeness (QED) is 0.730. The first kappa shape index (κ1) is 17.5. The highest BCUT2D eigenvalue weighted by atomic mass is 16.5. The minimum atomic E-state index is -0.865. The van der Waals surface area contributed by atoms with E-state index in [4.69, 9.17) is 9.84 Å². The van der Waals surface area contributed by atoms with Crippen LogP contribution < -0.4 is 10.1 Å². The molecule has 0 atom stereocenters. The Bertz CT molecular complexity index is 712. The molecule has 2 aromatic rings. The van der Waals surface area contributed by atoms with Crippen LogP contribution in [0.3, 0.4) is 0 Å². The van der Waals surface area contributed by atoms with Gasteiger partial charge in [0.2, 0.25) is 0 Å². The molecule has 0 aliphatic carbocycles. The molecule has 2 N–H and O–H groups in total. The molecule has 0 unspecified atom stereocenters. The summed E-state index contributed by atoms with van der Waals surface area (Å²) in [6.07, 6.45) is 0.449. The van der Waals surface area contributed by atoms with Crippen LogP contribution in [-0.4, -0.2) is 23.5 Å². The number of hydrogen-bond acceptors (Lipinski definition) is 3. The van der Waals surface area contributed by atoms with Crippen LogP contribution in [0.15, 0.2) is 48.5 Å². The first-order chi connectivity index (χ1) is 11.5. The number of aryl methyl sites for hydroxylation is 1. The number of rotatable bonds is 8. The van der Waals surface area contributed by atoms with Crippen molar-refractivity contribution in [2.24, 2.45) is 0 Å². The van der Waals surface area contributed by atoms with Gasteiger partial charge in [-0.2, -0.15) is 0 Å². The maximum atomic E-state index is 12.0. The van der Waals surface area contributed by atoms with Crippen molar-refractivity contribution in [2.75, 3.05) is 6.54 Å². The van der Waals surface area contributed by atoms with Gasteiger partial charge in [0, 0.05) is 18.5 Å². The van der Waals surface area contributed by atoms with Crippen molar-refractivity contribution in [3.8, 4) is 5.75 Å². The van der Waals surface area contributed by atoms with Crippen LogP contribution in [0.25, 0.3) is 0 Å². The highest BCUT2D eigenvalue weighted by molar-refractivity contribution is 5.94.